The van der Waals surface area contributed by atoms with Gasteiger partial charge in [-0.1, -0.05) is 61.9 Å². The highest BCUT2D eigenvalue weighted by molar-refractivity contribution is 8.26. The van der Waals surface area contributed by atoms with Crippen LogP contribution in [0, 0.1) is 0 Å². The van der Waals surface area contributed by atoms with Crippen molar-refractivity contribution in [1.29, 1.82) is 0 Å². The first kappa shape index (κ1) is 18.7. The van der Waals surface area contributed by atoms with E-state index in [0.717, 1.165) is 34.6 Å². The Morgan fingerprint density at radius 3 is 2.81 bits per heavy atom. The number of carboxylic acid groups (broad SMARTS) is 1. The summed E-state index contributed by atoms with van der Waals surface area (Å²) in [5.74, 6) is -1.63. The van der Waals surface area contributed by atoms with Gasteiger partial charge in [-0.15, -0.1) is 0 Å². The number of amides is 1. The molecule has 0 bridgehead atoms. The molecule has 1 fully saturated rings. The molecular weight excluding hydrogens is 368 g/mol. The zero-order chi connectivity index (χ0) is 18.8. The molecule has 1 aromatic heterocycles. The average molecular weight is 388 g/mol. The first-order chi connectivity index (χ1) is 12.4. The van der Waals surface area contributed by atoms with E-state index in [9.17, 15) is 14.7 Å². The van der Waals surface area contributed by atoms with Crippen LogP contribution in [-0.2, 0) is 16.6 Å². The lowest BCUT2D eigenvalue weighted by Gasteiger charge is -2.27. The lowest BCUT2D eigenvalue weighted by molar-refractivity contribution is -0.310. The van der Waals surface area contributed by atoms with Crippen molar-refractivity contribution in [1.82, 2.24) is 9.47 Å². The van der Waals surface area contributed by atoms with Crippen molar-refractivity contribution in [2.24, 2.45) is 7.05 Å². The summed E-state index contributed by atoms with van der Waals surface area (Å²) in [6.45, 7) is 1.97. The van der Waals surface area contributed by atoms with E-state index in [4.69, 9.17) is 12.2 Å². The minimum Gasteiger partial charge on any atom is -0.548 e. The van der Waals surface area contributed by atoms with Crippen LogP contribution in [0.15, 0.2) is 35.4 Å². The Kier molecular flexibility index (Phi) is 5.48. The number of thiocarbonyl (C=S) groups is 1. The van der Waals surface area contributed by atoms with E-state index in [1.54, 1.807) is 6.08 Å². The number of hydrogen-bond acceptors (Lipinski definition) is 5. The number of fused-ring (bicyclic) bond motifs is 1. The number of para-hydroxylation sites is 1. The van der Waals surface area contributed by atoms with Crippen LogP contribution >= 0.6 is 24.0 Å². The molecule has 1 saturated heterocycles. The third-order valence-electron chi connectivity index (χ3n) is 4.45. The van der Waals surface area contributed by atoms with Crippen molar-refractivity contribution in [2.45, 2.75) is 32.2 Å². The molecule has 1 aliphatic heterocycles. The Morgan fingerprint density at radius 2 is 2.12 bits per heavy atom. The zero-order valence-corrected chi connectivity index (χ0v) is 16.2. The highest BCUT2D eigenvalue weighted by Crippen LogP contribution is 2.36. The van der Waals surface area contributed by atoms with Crippen LogP contribution < -0.4 is 5.11 Å². The summed E-state index contributed by atoms with van der Waals surface area (Å²) in [5, 5.41) is 12.6. The van der Waals surface area contributed by atoms with Gasteiger partial charge in [-0.3, -0.25) is 9.69 Å². The number of aromatic nitrogens is 1. The number of thioether (sulfide) groups is 1. The maximum Gasteiger partial charge on any atom is 0.266 e. The molecule has 136 valence electrons. The van der Waals surface area contributed by atoms with Gasteiger partial charge in [0.15, 0.2) is 0 Å². The van der Waals surface area contributed by atoms with Crippen molar-refractivity contribution >= 4 is 57.2 Å². The van der Waals surface area contributed by atoms with Crippen LogP contribution in [0.3, 0.4) is 0 Å². The predicted octanol–water partition coefficient (Wildman–Crippen LogP) is 2.69. The molecule has 26 heavy (non-hydrogen) atoms. The second-order valence-corrected chi connectivity index (χ2v) is 7.92. The lowest BCUT2D eigenvalue weighted by Crippen LogP contribution is -2.49. The van der Waals surface area contributed by atoms with Gasteiger partial charge >= 0.3 is 0 Å². The van der Waals surface area contributed by atoms with E-state index in [1.807, 2.05) is 49.0 Å². The number of nitrogens with zero attached hydrogens (tertiary/aromatic N) is 2. The molecule has 0 unspecified atom stereocenters. The Bertz CT molecular complexity index is 917. The Hall–Kier alpha value is -2.12. The summed E-state index contributed by atoms with van der Waals surface area (Å²) in [5.41, 5.74) is 1.96. The third-order valence-corrected chi connectivity index (χ3v) is 5.78. The SMILES string of the molecule is CCCC[C@H](C(=O)[O-])N1C(=O)/C(=C/c2cn(C)c3ccccc23)SC1=S. The number of rotatable bonds is 6. The lowest BCUT2D eigenvalue weighted by atomic mass is 10.1. The molecule has 3 rings (SSSR count). The second-order valence-electron chi connectivity index (χ2n) is 6.24. The van der Waals surface area contributed by atoms with E-state index in [1.165, 1.54) is 4.90 Å². The van der Waals surface area contributed by atoms with Gasteiger partial charge in [0.05, 0.1) is 16.9 Å². The molecule has 2 aromatic rings. The van der Waals surface area contributed by atoms with Crippen molar-refractivity contribution in [3.05, 3.63) is 40.9 Å². The highest BCUT2D eigenvalue weighted by Gasteiger charge is 2.37. The molecule has 2 heterocycles. The van der Waals surface area contributed by atoms with Gasteiger partial charge in [0.2, 0.25) is 0 Å². The van der Waals surface area contributed by atoms with Crippen LogP contribution in [0.2, 0.25) is 0 Å². The van der Waals surface area contributed by atoms with Crippen LogP contribution in [0.4, 0.5) is 0 Å². The minimum absolute atomic E-state index is 0.270. The van der Waals surface area contributed by atoms with E-state index < -0.39 is 12.0 Å². The Morgan fingerprint density at radius 1 is 1.38 bits per heavy atom. The van der Waals surface area contributed by atoms with Crippen molar-refractivity contribution < 1.29 is 14.7 Å². The molecule has 0 spiro atoms. The van der Waals surface area contributed by atoms with Gasteiger partial charge in [-0.05, 0) is 18.6 Å². The van der Waals surface area contributed by atoms with Crippen LogP contribution in [0.5, 0.6) is 0 Å². The number of carboxylic acids is 1. The molecule has 1 aliphatic rings. The quantitative estimate of drug-likeness (QED) is 0.563. The topological polar surface area (TPSA) is 65.4 Å². The maximum atomic E-state index is 12.8. The molecule has 5 nitrogen and oxygen atoms in total. The molecule has 1 aromatic carbocycles. The molecule has 0 saturated carbocycles. The smallest absolute Gasteiger partial charge is 0.266 e. The van der Waals surface area contributed by atoms with Gasteiger partial charge in [0.1, 0.15) is 4.32 Å². The largest absolute Gasteiger partial charge is 0.548 e. The molecule has 1 amide bonds. The summed E-state index contributed by atoms with van der Waals surface area (Å²) < 4.78 is 2.26. The standard InChI is InChI=1S/C19H20N2O3S2/c1-3-4-8-15(18(23)24)21-17(22)16(26-19(21)25)10-12-11-20(2)14-9-6-5-7-13(12)14/h5-7,9-11,15H,3-4,8H2,1-2H3,(H,23,24)/p-1/b16-10-/t15-/m1/s1. The molecule has 0 aliphatic carbocycles. The van der Waals surface area contributed by atoms with Gasteiger partial charge < -0.3 is 14.5 Å². The van der Waals surface area contributed by atoms with Gasteiger partial charge in [0.25, 0.3) is 5.91 Å². The summed E-state index contributed by atoms with van der Waals surface area (Å²) in [6.07, 6.45) is 5.60. The molecular formula is C19H19N2O3S2-. The van der Waals surface area contributed by atoms with E-state index in [0.29, 0.717) is 17.7 Å². The van der Waals surface area contributed by atoms with Gasteiger partial charge in [-0.2, -0.15) is 0 Å². The summed E-state index contributed by atoms with van der Waals surface area (Å²) in [7, 11) is 1.95. The molecule has 0 radical (unpaired) electrons. The summed E-state index contributed by atoms with van der Waals surface area (Å²) in [4.78, 5) is 26.0. The average Bonchev–Trinajstić information content (AvgIpc) is 3.07. The first-order valence-corrected chi connectivity index (χ1v) is 9.68. The molecule has 1 atom stereocenters. The Balaban J connectivity index is 1.95. The van der Waals surface area contributed by atoms with E-state index in [-0.39, 0.29) is 10.2 Å². The fourth-order valence-corrected chi connectivity index (χ4v) is 4.48. The highest BCUT2D eigenvalue weighted by atomic mass is 32.2. The predicted molar refractivity (Wildman–Crippen MR) is 106 cm³/mol. The normalized spacial score (nSPS) is 17.5. The number of benzene rings is 1. The number of carbonyl (C=O) groups is 2. The third kappa shape index (κ3) is 3.41. The minimum atomic E-state index is -1.26. The van der Waals surface area contributed by atoms with E-state index >= 15 is 0 Å². The van der Waals surface area contributed by atoms with E-state index in [2.05, 4.69) is 0 Å². The van der Waals surface area contributed by atoms with Crippen molar-refractivity contribution in [3.8, 4) is 0 Å². The van der Waals surface area contributed by atoms with Gasteiger partial charge in [0, 0.05) is 29.7 Å². The molecule has 7 heteroatoms. The fourth-order valence-electron chi connectivity index (χ4n) is 3.13. The Labute approximate surface area is 161 Å². The number of hydrogen-bond donors (Lipinski definition) is 0. The van der Waals surface area contributed by atoms with Crippen molar-refractivity contribution in [3.63, 3.8) is 0 Å². The monoisotopic (exact) mass is 387 g/mol. The number of unbranched alkanes of at least 4 members (excludes halogenated alkanes) is 1. The number of aliphatic carboxylic acids is 1. The fraction of sp³-hybridized carbons (Fsp3) is 0.316. The summed E-state index contributed by atoms with van der Waals surface area (Å²) in [6, 6.07) is 6.90. The zero-order valence-electron chi connectivity index (χ0n) is 14.6. The van der Waals surface area contributed by atoms with Gasteiger partial charge in [-0.25, -0.2) is 0 Å². The van der Waals surface area contributed by atoms with Crippen molar-refractivity contribution in [2.75, 3.05) is 0 Å². The molecule has 0 N–H and O–H groups in total. The maximum absolute atomic E-state index is 12.8. The second kappa shape index (κ2) is 7.63. The number of aryl methyl sites for hydroxylation is 1. The van der Waals surface area contributed by atoms with Crippen LogP contribution in [0.1, 0.15) is 31.7 Å². The first-order valence-electron chi connectivity index (χ1n) is 8.46. The van der Waals surface area contributed by atoms with Crippen LogP contribution in [-0.4, -0.2) is 31.7 Å². The van der Waals surface area contributed by atoms with Crippen LogP contribution in [0.25, 0.3) is 17.0 Å². The summed E-state index contributed by atoms with van der Waals surface area (Å²) >= 11 is 6.43. The number of carbonyl (C=O) groups excluding carboxylic acids is 2.